The third-order valence-corrected chi connectivity index (χ3v) is 7.24. The second-order valence-corrected chi connectivity index (χ2v) is 9.96. The zero-order valence-electron chi connectivity index (χ0n) is 23.1. The molecular weight excluding hydrogens is 506 g/mol. The Labute approximate surface area is 233 Å². The lowest BCUT2D eigenvalue weighted by Gasteiger charge is -2.35. The van der Waals surface area contributed by atoms with Gasteiger partial charge in [0, 0.05) is 50.2 Å². The Bertz CT molecular complexity index is 1450. The molecule has 0 aliphatic heterocycles. The molecule has 1 amide bonds. The Morgan fingerprint density at radius 2 is 1.82 bits per heavy atom. The average molecular weight is 542 g/mol. The zero-order chi connectivity index (χ0) is 28.6. The number of fused-ring (bicyclic) bond motifs is 1. The fraction of sp³-hybridized carbons (Fsp3) is 0.333. The number of aromatic carboxylic acids is 1. The number of imidazole rings is 1. The molecule has 5 rings (SSSR count). The number of pyridine rings is 1. The van der Waals surface area contributed by atoms with Crippen LogP contribution in [0.25, 0.3) is 0 Å². The zero-order valence-corrected chi connectivity index (χ0v) is 23.1. The fourth-order valence-electron chi connectivity index (χ4n) is 5.08. The van der Waals surface area contributed by atoms with E-state index in [1.807, 2.05) is 56.1 Å². The largest absolute Gasteiger partial charge is 0.478 e. The van der Waals surface area contributed by atoms with Crippen molar-refractivity contribution >= 4 is 11.9 Å². The number of carboxylic acids is 1. The molecule has 0 radical (unpaired) electrons. The molecule has 0 fully saturated rings. The van der Waals surface area contributed by atoms with Crippen molar-refractivity contribution in [2.45, 2.75) is 52.1 Å². The van der Waals surface area contributed by atoms with Gasteiger partial charge in [-0.2, -0.15) is 0 Å². The van der Waals surface area contributed by atoms with E-state index in [0.29, 0.717) is 23.0 Å². The quantitative estimate of drug-likeness (QED) is 0.343. The van der Waals surface area contributed by atoms with Gasteiger partial charge in [0.05, 0.1) is 29.5 Å². The summed E-state index contributed by atoms with van der Waals surface area (Å²) in [4.78, 5) is 41.0. The molecule has 1 aliphatic carbocycles. The maximum atomic E-state index is 11.4. The standard InChI is InChI=1S/C23H27N5O.C7H8N2O2/c1-27-16-25-14-20(27)11-13-28(15-17-7-9-19(10-8-17)23(24)29)21-6-2-4-18-5-3-12-26-22(18)21;1-4-6(7(10)11)5(2)9-3-8-4/h3,5,7-10,12,14,16,21H,2,4,6,11,13,15H2,1H3,(H2,24,29);3H,1-2H3,(H,10,11). The van der Waals surface area contributed by atoms with E-state index in [4.69, 9.17) is 15.8 Å². The first kappa shape index (κ1) is 28.6. The van der Waals surface area contributed by atoms with E-state index in [2.05, 4.69) is 30.5 Å². The highest BCUT2D eigenvalue weighted by molar-refractivity contribution is 5.92. The molecule has 0 saturated heterocycles. The summed E-state index contributed by atoms with van der Waals surface area (Å²) in [5.41, 5.74) is 12.1. The van der Waals surface area contributed by atoms with Crippen molar-refractivity contribution in [3.63, 3.8) is 0 Å². The number of hydrogen-bond acceptors (Lipinski definition) is 7. The maximum Gasteiger partial charge on any atom is 0.339 e. The van der Waals surface area contributed by atoms with Crippen molar-refractivity contribution in [2.24, 2.45) is 12.8 Å². The van der Waals surface area contributed by atoms with Crippen LogP contribution in [0.5, 0.6) is 0 Å². The van der Waals surface area contributed by atoms with Gasteiger partial charge >= 0.3 is 5.97 Å². The third-order valence-electron chi connectivity index (χ3n) is 7.24. The average Bonchev–Trinajstić information content (AvgIpc) is 3.35. The third kappa shape index (κ3) is 6.95. The lowest BCUT2D eigenvalue weighted by Crippen LogP contribution is -2.33. The summed E-state index contributed by atoms with van der Waals surface area (Å²) in [5.74, 6) is -1.37. The van der Waals surface area contributed by atoms with Crippen LogP contribution in [0.1, 0.15) is 73.5 Å². The number of carboxylic acid groups (broad SMARTS) is 1. The van der Waals surface area contributed by atoms with Gasteiger partial charge in [0.2, 0.25) is 5.91 Å². The smallest absolute Gasteiger partial charge is 0.339 e. The van der Waals surface area contributed by atoms with E-state index in [9.17, 15) is 9.59 Å². The molecular formula is C30H35N7O3. The predicted octanol–water partition coefficient (Wildman–Crippen LogP) is 3.83. The molecule has 1 aliphatic rings. The number of aromatic nitrogens is 5. The van der Waals surface area contributed by atoms with Crippen molar-refractivity contribution in [2.75, 3.05) is 6.54 Å². The predicted molar refractivity (Wildman–Crippen MR) is 151 cm³/mol. The lowest BCUT2D eigenvalue weighted by molar-refractivity contribution is 0.0694. The van der Waals surface area contributed by atoms with Gasteiger partial charge in [0.1, 0.15) is 11.9 Å². The topological polar surface area (TPSA) is 140 Å². The number of aryl methyl sites for hydroxylation is 4. The van der Waals surface area contributed by atoms with E-state index in [1.54, 1.807) is 13.8 Å². The van der Waals surface area contributed by atoms with Crippen LogP contribution in [-0.4, -0.2) is 52.9 Å². The minimum Gasteiger partial charge on any atom is -0.478 e. The van der Waals surface area contributed by atoms with Crippen LogP contribution in [0, 0.1) is 13.8 Å². The summed E-state index contributed by atoms with van der Waals surface area (Å²) in [5, 5.41) is 8.67. The van der Waals surface area contributed by atoms with Crippen LogP contribution in [-0.2, 0) is 26.4 Å². The Morgan fingerprint density at radius 3 is 2.42 bits per heavy atom. The second-order valence-electron chi connectivity index (χ2n) is 9.96. The van der Waals surface area contributed by atoms with Crippen molar-refractivity contribution in [1.82, 2.24) is 29.4 Å². The van der Waals surface area contributed by atoms with Gasteiger partial charge < -0.3 is 15.4 Å². The highest BCUT2D eigenvalue weighted by Crippen LogP contribution is 2.33. The van der Waals surface area contributed by atoms with E-state index < -0.39 is 11.9 Å². The first-order chi connectivity index (χ1) is 19.2. The van der Waals surface area contributed by atoms with Crippen LogP contribution >= 0.6 is 0 Å². The number of hydrogen-bond donors (Lipinski definition) is 2. The Hall–Kier alpha value is -4.44. The Morgan fingerprint density at radius 1 is 1.10 bits per heavy atom. The molecule has 3 heterocycles. The normalized spacial score (nSPS) is 14.2. The van der Waals surface area contributed by atoms with Gasteiger partial charge in [-0.05, 0) is 62.4 Å². The minimum atomic E-state index is -0.972. The monoisotopic (exact) mass is 541 g/mol. The van der Waals surface area contributed by atoms with Gasteiger partial charge in [-0.1, -0.05) is 18.2 Å². The van der Waals surface area contributed by atoms with Crippen LogP contribution in [0.3, 0.4) is 0 Å². The van der Waals surface area contributed by atoms with Gasteiger partial charge in [-0.3, -0.25) is 14.7 Å². The first-order valence-electron chi connectivity index (χ1n) is 13.3. The van der Waals surface area contributed by atoms with Crippen molar-refractivity contribution in [3.05, 3.63) is 106 Å². The summed E-state index contributed by atoms with van der Waals surface area (Å²) < 4.78 is 2.08. The van der Waals surface area contributed by atoms with Gasteiger partial charge in [0.25, 0.3) is 0 Å². The Kier molecular flexibility index (Phi) is 9.34. The van der Waals surface area contributed by atoms with Crippen molar-refractivity contribution in [3.8, 4) is 0 Å². The highest BCUT2D eigenvalue weighted by Gasteiger charge is 2.27. The number of primary amides is 1. The van der Waals surface area contributed by atoms with Gasteiger partial charge in [0.15, 0.2) is 0 Å². The molecule has 10 nitrogen and oxygen atoms in total. The first-order valence-corrected chi connectivity index (χ1v) is 13.3. The number of rotatable bonds is 8. The molecule has 3 N–H and O–H groups in total. The molecule has 208 valence electrons. The summed E-state index contributed by atoms with van der Waals surface area (Å²) in [7, 11) is 2.03. The highest BCUT2D eigenvalue weighted by atomic mass is 16.4. The van der Waals surface area contributed by atoms with Crippen molar-refractivity contribution in [1.29, 1.82) is 0 Å². The molecule has 40 heavy (non-hydrogen) atoms. The molecule has 0 saturated carbocycles. The molecule has 1 unspecified atom stereocenters. The number of nitrogens with zero attached hydrogens (tertiary/aromatic N) is 6. The fourth-order valence-corrected chi connectivity index (χ4v) is 5.08. The summed E-state index contributed by atoms with van der Waals surface area (Å²) in [6.45, 7) is 5.02. The van der Waals surface area contributed by atoms with Crippen LogP contribution in [0.2, 0.25) is 0 Å². The van der Waals surface area contributed by atoms with Crippen LogP contribution in [0.4, 0.5) is 0 Å². The minimum absolute atomic E-state index is 0.201. The SMILES string of the molecule is Cc1ncnc(C)c1C(=O)O.Cn1cncc1CCN(Cc1ccc(C(N)=O)cc1)C1CCCc2cccnc21. The van der Waals surface area contributed by atoms with E-state index in [-0.39, 0.29) is 5.56 Å². The molecule has 10 heteroatoms. The number of carbonyl (C=O) groups excluding carboxylic acids is 1. The van der Waals surface area contributed by atoms with E-state index in [1.165, 1.54) is 35.3 Å². The van der Waals surface area contributed by atoms with Crippen molar-refractivity contribution < 1.29 is 14.7 Å². The molecule has 1 aromatic carbocycles. The number of benzene rings is 1. The second kappa shape index (κ2) is 13.1. The van der Waals surface area contributed by atoms with Crippen LogP contribution < -0.4 is 5.73 Å². The lowest BCUT2D eigenvalue weighted by atomic mass is 9.90. The Balaban J connectivity index is 0.000000283. The molecule has 0 bridgehead atoms. The maximum absolute atomic E-state index is 11.4. The summed E-state index contributed by atoms with van der Waals surface area (Å²) in [6, 6.07) is 12.1. The number of amides is 1. The number of nitrogens with two attached hydrogens (primary N) is 1. The molecule has 0 spiro atoms. The van der Waals surface area contributed by atoms with Gasteiger partial charge in [-0.25, -0.2) is 19.7 Å². The number of carbonyl (C=O) groups is 2. The van der Waals surface area contributed by atoms with E-state index in [0.717, 1.165) is 32.4 Å². The molecule has 4 aromatic rings. The van der Waals surface area contributed by atoms with E-state index >= 15 is 0 Å². The van der Waals surface area contributed by atoms with Gasteiger partial charge in [-0.15, -0.1) is 0 Å². The molecule has 3 aromatic heterocycles. The summed E-state index contributed by atoms with van der Waals surface area (Å²) >= 11 is 0. The van der Waals surface area contributed by atoms with Crippen LogP contribution in [0.15, 0.2) is 61.4 Å². The summed E-state index contributed by atoms with van der Waals surface area (Å²) in [6.07, 6.45) is 11.3. The molecule has 1 atom stereocenters.